The molecule has 0 unspecified atom stereocenters. The maximum Gasteiger partial charge on any atom is 0.270 e. The first-order valence-electron chi connectivity index (χ1n) is 6.05. The summed E-state index contributed by atoms with van der Waals surface area (Å²) in [6.45, 7) is 1.87. The van der Waals surface area contributed by atoms with Crippen LogP contribution < -0.4 is 5.73 Å². The van der Waals surface area contributed by atoms with Crippen molar-refractivity contribution in [2.24, 2.45) is 0 Å². The molecule has 3 aromatic rings. The molecule has 20 heavy (non-hydrogen) atoms. The Kier molecular flexibility index (Phi) is 2.64. The smallest absolute Gasteiger partial charge is 0.270 e. The van der Waals surface area contributed by atoms with E-state index in [9.17, 15) is 10.1 Å². The topological polar surface area (TPSA) is 86.5 Å². The Balaban J connectivity index is 2.24. The summed E-state index contributed by atoms with van der Waals surface area (Å²) in [7, 11) is 0. The molecule has 0 radical (unpaired) electrons. The lowest BCUT2D eigenvalue weighted by Gasteiger charge is -2.00. The number of nitro benzene ring substituents is 1. The highest BCUT2D eigenvalue weighted by Crippen LogP contribution is 2.28. The molecule has 3 rings (SSSR count). The zero-order valence-corrected chi connectivity index (χ0v) is 10.8. The number of benzene rings is 1. The fourth-order valence-corrected chi connectivity index (χ4v) is 2.23. The van der Waals surface area contributed by atoms with Gasteiger partial charge in [0.1, 0.15) is 5.82 Å². The molecule has 2 heterocycles. The van der Waals surface area contributed by atoms with Crippen molar-refractivity contribution in [2.75, 3.05) is 5.73 Å². The maximum atomic E-state index is 10.9. The van der Waals surface area contributed by atoms with Gasteiger partial charge in [-0.15, -0.1) is 0 Å². The van der Waals surface area contributed by atoms with Crippen molar-refractivity contribution in [3.05, 3.63) is 58.5 Å². The van der Waals surface area contributed by atoms with E-state index in [1.54, 1.807) is 18.3 Å². The lowest BCUT2D eigenvalue weighted by Crippen LogP contribution is -1.91. The van der Waals surface area contributed by atoms with Crippen LogP contribution in [0.2, 0.25) is 0 Å². The lowest BCUT2D eigenvalue weighted by molar-refractivity contribution is -0.384. The van der Waals surface area contributed by atoms with E-state index in [4.69, 9.17) is 5.73 Å². The van der Waals surface area contributed by atoms with Crippen LogP contribution in [0.1, 0.15) is 5.82 Å². The summed E-state index contributed by atoms with van der Waals surface area (Å²) < 4.78 is 1.88. The van der Waals surface area contributed by atoms with Gasteiger partial charge in [0.2, 0.25) is 0 Å². The Morgan fingerprint density at radius 3 is 2.85 bits per heavy atom. The van der Waals surface area contributed by atoms with Gasteiger partial charge < -0.3 is 10.1 Å². The van der Waals surface area contributed by atoms with E-state index in [2.05, 4.69) is 4.98 Å². The summed E-state index contributed by atoms with van der Waals surface area (Å²) >= 11 is 0. The second-order valence-electron chi connectivity index (χ2n) is 4.53. The van der Waals surface area contributed by atoms with Gasteiger partial charge in [0.05, 0.1) is 16.1 Å². The second-order valence-corrected chi connectivity index (χ2v) is 4.53. The van der Waals surface area contributed by atoms with Crippen LogP contribution in [0.25, 0.3) is 16.8 Å². The zero-order chi connectivity index (χ0) is 14.3. The number of fused-ring (bicyclic) bond motifs is 1. The van der Waals surface area contributed by atoms with Crippen molar-refractivity contribution >= 4 is 16.9 Å². The van der Waals surface area contributed by atoms with Gasteiger partial charge >= 0.3 is 0 Å². The van der Waals surface area contributed by atoms with E-state index in [1.807, 2.05) is 23.5 Å². The van der Waals surface area contributed by atoms with E-state index in [1.165, 1.54) is 12.1 Å². The fraction of sp³-hybridized carbons (Fsp3) is 0.0714. The van der Waals surface area contributed by atoms with Gasteiger partial charge in [0.15, 0.2) is 0 Å². The Bertz CT molecular complexity index is 823. The molecule has 0 amide bonds. The lowest BCUT2D eigenvalue weighted by atomic mass is 10.1. The van der Waals surface area contributed by atoms with Crippen LogP contribution in [0.4, 0.5) is 11.4 Å². The highest BCUT2D eigenvalue weighted by molar-refractivity contribution is 5.79. The Hall–Kier alpha value is -2.89. The first-order valence-corrected chi connectivity index (χ1v) is 6.05. The molecule has 0 bridgehead atoms. The van der Waals surface area contributed by atoms with Crippen LogP contribution in [0.15, 0.2) is 42.6 Å². The molecule has 1 aromatic carbocycles. The van der Waals surface area contributed by atoms with Crippen LogP contribution in [-0.2, 0) is 0 Å². The van der Waals surface area contributed by atoms with E-state index in [0.717, 1.165) is 16.9 Å². The summed E-state index contributed by atoms with van der Waals surface area (Å²) in [5.41, 5.74) is 8.77. The first kappa shape index (κ1) is 12.2. The number of anilines is 1. The average Bonchev–Trinajstić information content (AvgIpc) is 2.76. The van der Waals surface area contributed by atoms with Crippen LogP contribution in [0.3, 0.4) is 0 Å². The van der Waals surface area contributed by atoms with Crippen LogP contribution >= 0.6 is 0 Å². The normalized spacial score (nSPS) is 10.8. The molecule has 0 aliphatic carbocycles. The van der Waals surface area contributed by atoms with Gasteiger partial charge in [-0.1, -0.05) is 12.1 Å². The number of aromatic nitrogens is 2. The van der Waals surface area contributed by atoms with Gasteiger partial charge in [0, 0.05) is 29.6 Å². The predicted octanol–water partition coefficient (Wildman–Crippen LogP) is 2.80. The monoisotopic (exact) mass is 268 g/mol. The number of nitro groups is 1. The summed E-state index contributed by atoms with van der Waals surface area (Å²) in [4.78, 5) is 14.9. The third kappa shape index (κ3) is 1.87. The molecule has 2 aromatic heterocycles. The Morgan fingerprint density at radius 2 is 2.10 bits per heavy atom. The largest absolute Gasteiger partial charge is 0.398 e. The third-order valence-electron chi connectivity index (χ3n) is 3.17. The van der Waals surface area contributed by atoms with E-state index >= 15 is 0 Å². The van der Waals surface area contributed by atoms with Crippen molar-refractivity contribution in [2.45, 2.75) is 6.92 Å². The van der Waals surface area contributed by atoms with Gasteiger partial charge in [-0.3, -0.25) is 10.1 Å². The average molecular weight is 268 g/mol. The van der Waals surface area contributed by atoms with E-state index in [-0.39, 0.29) is 5.69 Å². The summed E-state index contributed by atoms with van der Waals surface area (Å²) in [5, 5.41) is 10.9. The van der Waals surface area contributed by atoms with Crippen LogP contribution in [0, 0.1) is 17.0 Å². The molecule has 6 heteroatoms. The Labute approximate surface area is 114 Å². The standard InChI is InChI=1S/C14H12N4O2/c1-9-16-14(13-6-5-11(15)8-17(9)13)10-3-2-4-12(7-10)18(19)20/h2-8H,15H2,1H3. The molecular formula is C14H12N4O2. The molecule has 100 valence electrons. The highest BCUT2D eigenvalue weighted by Gasteiger charge is 2.13. The molecule has 2 N–H and O–H groups in total. The maximum absolute atomic E-state index is 10.9. The van der Waals surface area contributed by atoms with Crippen LogP contribution in [-0.4, -0.2) is 14.3 Å². The predicted molar refractivity (Wildman–Crippen MR) is 76.4 cm³/mol. The number of aryl methyl sites for hydroxylation is 1. The number of rotatable bonds is 2. The SMILES string of the molecule is Cc1nc(-c2cccc([N+](=O)[O-])c2)c2ccc(N)cn12. The molecule has 0 saturated carbocycles. The third-order valence-corrected chi connectivity index (χ3v) is 3.17. The van der Waals surface area contributed by atoms with Gasteiger partial charge in [0.25, 0.3) is 5.69 Å². The van der Waals surface area contributed by atoms with Gasteiger partial charge in [-0.25, -0.2) is 4.98 Å². The number of non-ortho nitro benzene ring substituents is 1. The fourth-order valence-electron chi connectivity index (χ4n) is 2.23. The number of hydrogen-bond donors (Lipinski definition) is 1. The zero-order valence-electron chi connectivity index (χ0n) is 10.8. The minimum atomic E-state index is -0.410. The highest BCUT2D eigenvalue weighted by atomic mass is 16.6. The van der Waals surface area contributed by atoms with Crippen molar-refractivity contribution in [1.29, 1.82) is 0 Å². The van der Waals surface area contributed by atoms with Crippen molar-refractivity contribution in [3.8, 4) is 11.3 Å². The number of pyridine rings is 1. The van der Waals surface area contributed by atoms with Gasteiger partial charge in [-0.05, 0) is 19.1 Å². The minimum absolute atomic E-state index is 0.0525. The molecular weight excluding hydrogens is 256 g/mol. The molecule has 0 saturated heterocycles. The van der Waals surface area contributed by atoms with Gasteiger partial charge in [-0.2, -0.15) is 0 Å². The molecule has 6 nitrogen and oxygen atoms in total. The van der Waals surface area contributed by atoms with Crippen LogP contribution in [0.5, 0.6) is 0 Å². The van der Waals surface area contributed by atoms with E-state index in [0.29, 0.717) is 11.4 Å². The second kappa shape index (κ2) is 4.34. The van der Waals surface area contributed by atoms with E-state index < -0.39 is 4.92 Å². The summed E-state index contributed by atoms with van der Waals surface area (Å²) in [6, 6.07) is 10.1. The Morgan fingerprint density at radius 1 is 1.30 bits per heavy atom. The van der Waals surface area contributed by atoms with Crippen molar-refractivity contribution < 1.29 is 4.92 Å². The van der Waals surface area contributed by atoms with Crippen molar-refractivity contribution in [3.63, 3.8) is 0 Å². The summed E-state index contributed by atoms with van der Waals surface area (Å²) in [5.74, 6) is 0.786. The molecule has 0 fully saturated rings. The molecule has 0 aliphatic rings. The number of nitrogens with zero attached hydrogens (tertiary/aromatic N) is 3. The number of imidazole rings is 1. The minimum Gasteiger partial charge on any atom is -0.398 e. The van der Waals surface area contributed by atoms with Crippen molar-refractivity contribution in [1.82, 2.24) is 9.38 Å². The molecule has 0 atom stereocenters. The first-order chi connectivity index (χ1) is 9.56. The number of nitrogen functional groups attached to an aromatic ring is 1. The summed E-state index contributed by atoms with van der Waals surface area (Å²) in [6.07, 6.45) is 1.79. The molecule has 0 aliphatic heterocycles. The number of nitrogens with two attached hydrogens (primary N) is 1. The number of hydrogen-bond acceptors (Lipinski definition) is 4. The molecule has 0 spiro atoms. The quantitative estimate of drug-likeness (QED) is 0.572.